The number of hydrogen-bond donors (Lipinski definition) is 0. The third kappa shape index (κ3) is 4.36. The van der Waals surface area contributed by atoms with Crippen molar-refractivity contribution in [2.45, 2.75) is 6.42 Å². The van der Waals surface area contributed by atoms with Gasteiger partial charge in [0.05, 0.1) is 0 Å². The second-order valence-corrected chi connectivity index (χ2v) is 2.25. The molecule has 0 saturated heterocycles. The van der Waals surface area contributed by atoms with Gasteiger partial charge in [0, 0.05) is 5.02 Å². The van der Waals surface area contributed by atoms with E-state index in [2.05, 4.69) is 6.92 Å². The maximum atomic E-state index is 5.78. The molecule has 0 aliphatic carbocycles. The fourth-order valence-electron chi connectivity index (χ4n) is 0.701. The van der Waals surface area contributed by atoms with Gasteiger partial charge in [-0.25, -0.2) is 0 Å². The molecular weight excluding hydrogens is 236 g/mol. The van der Waals surface area contributed by atoms with Crippen LogP contribution in [0, 0.1) is 6.92 Å². The monoisotopic (exact) mass is 242 g/mol. The molecule has 11 heavy (non-hydrogen) atoms. The summed E-state index contributed by atoms with van der Waals surface area (Å²) in [7, 11) is 0. The summed E-state index contributed by atoms with van der Waals surface area (Å²) in [6.07, 6.45) is 0.764. The first-order chi connectivity index (χ1) is 4.34. The molecule has 0 amide bonds. The zero-order valence-electron chi connectivity index (χ0n) is 6.19. The Balaban J connectivity index is 0. The third-order valence-corrected chi connectivity index (χ3v) is 1.60. The summed E-state index contributed by atoms with van der Waals surface area (Å²) in [6.45, 7) is 3.73. The van der Waals surface area contributed by atoms with Crippen molar-refractivity contribution in [3.05, 3.63) is 41.8 Å². The molecule has 0 spiro atoms. The van der Waals surface area contributed by atoms with Crippen LogP contribution < -0.4 is 17.0 Å². The Labute approximate surface area is 99.2 Å². The summed E-state index contributed by atoms with van der Waals surface area (Å²) < 4.78 is 0. The largest absolute Gasteiger partial charge is 2.00 e. The van der Waals surface area contributed by atoms with Crippen molar-refractivity contribution in [1.29, 1.82) is 0 Å². The number of benzene rings is 1. The minimum absolute atomic E-state index is 0. The van der Waals surface area contributed by atoms with Gasteiger partial charge in [0.2, 0.25) is 0 Å². The van der Waals surface area contributed by atoms with Crippen LogP contribution >= 0.6 is 11.6 Å². The van der Waals surface area contributed by atoms with Gasteiger partial charge in [0.15, 0.2) is 0 Å². The molecular formula is C8H8BrClMg. The molecule has 0 unspecified atom stereocenters. The van der Waals surface area contributed by atoms with Gasteiger partial charge in [0.25, 0.3) is 0 Å². The SMILES string of the molecule is [Br-].[CH2-]Cc1ccccc1Cl.[Mg+2]. The Kier molecular flexibility index (Phi) is 9.62. The van der Waals surface area contributed by atoms with E-state index in [9.17, 15) is 0 Å². The van der Waals surface area contributed by atoms with E-state index in [1.165, 1.54) is 0 Å². The van der Waals surface area contributed by atoms with Gasteiger partial charge in [-0.1, -0.05) is 35.4 Å². The van der Waals surface area contributed by atoms with Crippen molar-refractivity contribution < 1.29 is 17.0 Å². The number of halogens is 2. The Morgan fingerprint density at radius 1 is 1.27 bits per heavy atom. The van der Waals surface area contributed by atoms with Gasteiger partial charge in [-0.3, -0.25) is 0 Å². The molecule has 1 aromatic carbocycles. The minimum atomic E-state index is 0. The van der Waals surface area contributed by atoms with Crippen LogP contribution in [-0.4, -0.2) is 23.1 Å². The molecule has 1 rings (SSSR count). The average molecular weight is 244 g/mol. The van der Waals surface area contributed by atoms with E-state index in [1.807, 2.05) is 24.3 Å². The average Bonchev–Trinajstić information content (AvgIpc) is 1.89. The van der Waals surface area contributed by atoms with Crippen LogP contribution in [0.25, 0.3) is 0 Å². The van der Waals surface area contributed by atoms with Gasteiger partial charge in [-0.2, -0.15) is 6.42 Å². The van der Waals surface area contributed by atoms with Crippen LogP contribution in [0.3, 0.4) is 0 Å². The maximum absolute atomic E-state index is 5.78. The quantitative estimate of drug-likeness (QED) is 0.454. The molecule has 0 aliphatic rings. The summed E-state index contributed by atoms with van der Waals surface area (Å²) in [5, 5.41) is 0.813. The number of rotatable bonds is 1. The molecule has 1 aromatic rings. The summed E-state index contributed by atoms with van der Waals surface area (Å²) in [5.74, 6) is 0. The van der Waals surface area contributed by atoms with Crippen LogP contribution in [0.15, 0.2) is 24.3 Å². The molecule has 0 atom stereocenters. The molecule has 0 aromatic heterocycles. The van der Waals surface area contributed by atoms with Crippen LogP contribution in [0.4, 0.5) is 0 Å². The van der Waals surface area contributed by atoms with Crippen molar-refractivity contribution in [3.63, 3.8) is 0 Å². The van der Waals surface area contributed by atoms with E-state index < -0.39 is 0 Å². The first-order valence-electron chi connectivity index (χ1n) is 2.87. The zero-order chi connectivity index (χ0) is 6.69. The molecule has 0 nitrogen and oxygen atoms in total. The van der Waals surface area contributed by atoms with Crippen LogP contribution in [0.1, 0.15) is 5.56 Å². The van der Waals surface area contributed by atoms with Crippen molar-refractivity contribution in [1.82, 2.24) is 0 Å². The predicted molar refractivity (Wildman–Crippen MR) is 46.3 cm³/mol. The fraction of sp³-hybridized carbons (Fsp3) is 0.125. The fourth-order valence-corrected chi connectivity index (χ4v) is 0.931. The van der Waals surface area contributed by atoms with Crippen LogP contribution in [0.2, 0.25) is 5.02 Å². The van der Waals surface area contributed by atoms with E-state index in [1.54, 1.807) is 0 Å². The molecule has 0 aliphatic heterocycles. The summed E-state index contributed by atoms with van der Waals surface area (Å²) in [6, 6.07) is 7.74. The molecule has 56 valence electrons. The standard InChI is InChI=1S/C8H8Cl.BrH.Mg/c1-2-7-5-3-4-6-8(7)9;;/h3-6H,1-2H2;1H;/q-1;;+2/p-1. The van der Waals surface area contributed by atoms with Crippen molar-refractivity contribution >= 4 is 34.7 Å². The predicted octanol–water partition coefficient (Wildman–Crippen LogP) is -0.660. The number of hydrogen-bond acceptors (Lipinski definition) is 0. The van der Waals surface area contributed by atoms with E-state index in [4.69, 9.17) is 11.6 Å². The first kappa shape index (κ1) is 14.3. The Bertz CT molecular complexity index is 203. The normalized spacial score (nSPS) is 7.82. The molecule has 0 N–H and O–H groups in total. The van der Waals surface area contributed by atoms with E-state index in [0.717, 1.165) is 17.0 Å². The van der Waals surface area contributed by atoms with Crippen LogP contribution in [0.5, 0.6) is 0 Å². The third-order valence-electron chi connectivity index (χ3n) is 1.23. The van der Waals surface area contributed by atoms with Crippen molar-refractivity contribution in [3.8, 4) is 0 Å². The van der Waals surface area contributed by atoms with E-state index in [-0.39, 0.29) is 40.0 Å². The second-order valence-electron chi connectivity index (χ2n) is 1.84. The molecule has 3 heteroatoms. The van der Waals surface area contributed by atoms with Crippen LogP contribution in [-0.2, 0) is 6.42 Å². The maximum Gasteiger partial charge on any atom is 2.00 e. The molecule has 0 bridgehead atoms. The topological polar surface area (TPSA) is 0 Å². The molecule has 0 fully saturated rings. The van der Waals surface area contributed by atoms with Gasteiger partial charge in [0.1, 0.15) is 0 Å². The smallest absolute Gasteiger partial charge is 1.00 e. The van der Waals surface area contributed by atoms with Crippen molar-refractivity contribution in [2.75, 3.05) is 0 Å². The Morgan fingerprint density at radius 3 is 2.18 bits per heavy atom. The summed E-state index contributed by atoms with van der Waals surface area (Å²) in [4.78, 5) is 0. The Morgan fingerprint density at radius 2 is 1.82 bits per heavy atom. The summed E-state index contributed by atoms with van der Waals surface area (Å²) >= 11 is 5.78. The molecule has 0 heterocycles. The van der Waals surface area contributed by atoms with Gasteiger partial charge in [-0.15, -0.1) is 0 Å². The molecule has 0 saturated carbocycles. The van der Waals surface area contributed by atoms with E-state index >= 15 is 0 Å². The Hall–Kier alpha value is 0.756. The zero-order valence-corrected chi connectivity index (χ0v) is 9.94. The van der Waals surface area contributed by atoms with Gasteiger partial charge >= 0.3 is 23.1 Å². The minimum Gasteiger partial charge on any atom is -1.00 e. The first-order valence-corrected chi connectivity index (χ1v) is 3.25. The second kappa shape index (κ2) is 7.41. The van der Waals surface area contributed by atoms with Gasteiger partial charge < -0.3 is 23.9 Å². The van der Waals surface area contributed by atoms with E-state index in [0.29, 0.717) is 0 Å². The van der Waals surface area contributed by atoms with Crippen molar-refractivity contribution in [2.24, 2.45) is 0 Å². The summed E-state index contributed by atoms with van der Waals surface area (Å²) in [5.41, 5.74) is 1.11. The van der Waals surface area contributed by atoms with Gasteiger partial charge in [-0.05, 0) is 6.07 Å². The molecule has 0 radical (unpaired) electrons.